The summed E-state index contributed by atoms with van der Waals surface area (Å²) in [6.45, 7) is 3.21. The maximum atomic E-state index is 13.0. The van der Waals surface area contributed by atoms with Gasteiger partial charge in [-0.2, -0.15) is 9.61 Å². The average Bonchev–Trinajstić information content (AvgIpc) is 3.25. The van der Waals surface area contributed by atoms with Crippen molar-refractivity contribution >= 4 is 34.7 Å². The standard InChI is InChI=1S/C22H29N9O4/c1-22(2,34)12-26-20(32)13-11-27-31-18(25-3)10-17(29-19(13)31)28-14-6-5-9-30(21(14)33)15(23)7-8-16(24)35-4/h5-11,25,34H,12,23-24H2,1-4H3,(H,26,32)(H,28,29)/b15-7+,16-8+. The molecule has 0 radical (unpaired) electrons. The summed E-state index contributed by atoms with van der Waals surface area (Å²) in [5, 5.41) is 22.7. The summed E-state index contributed by atoms with van der Waals surface area (Å²) in [6, 6.07) is 4.85. The lowest BCUT2D eigenvalue weighted by Crippen LogP contribution is -2.38. The summed E-state index contributed by atoms with van der Waals surface area (Å²) in [7, 11) is 3.10. The van der Waals surface area contributed by atoms with Crippen molar-refractivity contribution in [3.63, 3.8) is 0 Å². The minimum atomic E-state index is -1.08. The Morgan fingerprint density at radius 3 is 2.71 bits per heavy atom. The van der Waals surface area contributed by atoms with E-state index in [4.69, 9.17) is 16.2 Å². The molecule has 0 unspecified atom stereocenters. The fraction of sp³-hybridized carbons (Fsp3) is 0.273. The van der Waals surface area contributed by atoms with E-state index in [1.807, 2.05) is 0 Å². The monoisotopic (exact) mass is 483 g/mol. The van der Waals surface area contributed by atoms with Gasteiger partial charge in [0.25, 0.3) is 11.5 Å². The highest BCUT2D eigenvalue weighted by molar-refractivity contribution is 6.00. The molecule has 8 N–H and O–H groups in total. The van der Waals surface area contributed by atoms with Crippen molar-refractivity contribution in [1.82, 2.24) is 24.5 Å². The SMILES string of the molecule is CNc1cc(Nc2cccn(/C(N)=C/C=C(\N)OC)c2=O)nc2c(C(=O)NCC(C)(C)O)cnn12. The highest BCUT2D eigenvalue weighted by Crippen LogP contribution is 2.21. The zero-order chi connectivity index (χ0) is 25.8. The zero-order valence-electron chi connectivity index (χ0n) is 19.9. The van der Waals surface area contributed by atoms with E-state index in [1.165, 1.54) is 40.7 Å². The van der Waals surface area contributed by atoms with E-state index in [2.05, 4.69) is 26.0 Å². The number of methoxy groups -OCH3 is 1. The van der Waals surface area contributed by atoms with Gasteiger partial charge in [0.1, 0.15) is 28.7 Å². The van der Waals surface area contributed by atoms with Crippen LogP contribution in [0.2, 0.25) is 0 Å². The molecule has 3 rings (SSSR count). The molecule has 13 nitrogen and oxygen atoms in total. The molecular formula is C22H29N9O4. The van der Waals surface area contributed by atoms with Crippen molar-refractivity contribution in [3.8, 4) is 0 Å². The minimum Gasteiger partial charge on any atom is -0.483 e. The van der Waals surface area contributed by atoms with Crippen LogP contribution in [0.25, 0.3) is 11.5 Å². The van der Waals surface area contributed by atoms with Gasteiger partial charge >= 0.3 is 0 Å². The third kappa shape index (κ3) is 5.89. The number of fused-ring (bicyclic) bond motifs is 1. The Balaban J connectivity index is 1.98. The van der Waals surface area contributed by atoms with Crippen LogP contribution in [0.3, 0.4) is 0 Å². The number of rotatable bonds is 9. The molecule has 0 aliphatic carbocycles. The van der Waals surface area contributed by atoms with Crippen molar-refractivity contribution < 1.29 is 14.6 Å². The molecule has 0 atom stereocenters. The number of aromatic nitrogens is 4. The maximum Gasteiger partial charge on any atom is 0.279 e. The number of anilines is 3. The molecule has 0 saturated carbocycles. The van der Waals surface area contributed by atoms with Crippen LogP contribution in [0.15, 0.2) is 53.4 Å². The summed E-state index contributed by atoms with van der Waals surface area (Å²) in [4.78, 5) is 30.2. The number of nitrogens with zero attached hydrogens (tertiary/aromatic N) is 4. The number of pyridine rings is 1. The quantitative estimate of drug-likeness (QED) is 0.183. The van der Waals surface area contributed by atoms with Gasteiger partial charge in [-0.25, -0.2) is 4.98 Å². The van der Waals surface area contributed by atoms with E-state index in [0.29, 0.717) is 11.6 Å². The van der Waals surface area contributed by atoms with Crippen molar-refractivity contribution in [2.45, 2.75) is 19.4 Å². The summed E-state index contributed by atoms with van der Waals surface area (Å²) < 4.78 is 7.54. The van der Waals surface area contributed by atoms with Gasteiger partial charge in [0.05, 0.1) is 18.9 Å². The number of allylic oxidation sites excluding steroid dienone is 2. The van der Waals surface area contributed by atoms with Crippen molar-refractivity contribution in [1.29, 1.82) is 0 Å². The van der Waals surface area contributed by atoms with Crippen LogP contribution >= 0.6 is 0 Å². The Labute approximate surface area is 201 Å². The van der Waals surface area contributed by atoms with Crippen LogP contribution in [-0.2, 0) is 4.74 Å². The lowest BCUT2D eigenvalue weighted by atomic mass is 10.1. The lowest BCUT2D eigenvalue weighted by molar-refractivity contribution is 0.0695. The normalized spacial score (nSPS) is 12.5. The van der Waals surface area contributed by atoms with E-state index in [0.717, 1.165) is 0 Å². The number of hydrogen-bond acceptors (Lipinski definition) is 10. The second-order valence-electron chi connectivity index (χ2n) is 8.15. The second-order valence-corrected chi connectivity index (χ2v) is 8.15. The molecule has 13 heteroatoms. The predicted octanol–water partition coefficient (Wildman–Crippen LogP) is 0.381. The number of nitrogens with one attached hydrogen (secondary N) is 3. The first-order chi connectivity index (χ1) is 16.5. The Kier molecular flexibility index (Phi) is 7.30. The molecule has 3 heterocycles. The van der Waals surface area contributed by atoms with Gasteiger partial charge in [0.2, 0.25) is 0 Å². The average molecular weight is 484 g/mol. The van der Waals surface area contributed by atoms with Gasteiger partial charge < -0.3 is 37.3 Å². The van der Waals surface area contributed by atoms with Crippen LogP contribution < -0.4 is 33.0 Å². The summed E-state index contributed by atoms with van der Waals surface area (Å²) in [5.41, 5.74) is 10.7. The van der Waals surface area contributed by atoms with Gasteiger partial charge in [0.15, 0.2) is 11.5 Å². The van der Waals surface area contributed by atoms with Gasteiger partial charge in [-0.05, 0) is 32.1 Å². The number of hydrogen-bond donors (Lipinski definition) is 6. The number of amides is 1. The smallest absolute Gasteiger partial charge is 0.279 e. The number of carbonyl (C=O) groups excluding carboxylic acids is 1. The summed E-state index contributed by atoms with van der Waals surface area (Å²) in [6.07, 6.45) is 5.76. The molecule has 3 aromatic rings. The molecule has 1 amide bonds. The molecule has 0 saturated heterocycles. The zero-order valence-corrected chi connectivity index (χ0v) is 19.9. The molecule has 35 heavy (non-hydrogen) atoms. The van der Waals surface area contributed by atoms with Gasteiger partial charge in [-0.1, -0.05) is 0 Å². The van der Waals surface area contributed by atoms with E-state index in [1.54, 1.807) is 39.1 Å². The van der Waals surface area contributed by atoms with Gasteiger partial charge in [0, 0.05) is 31.9 Å². The van der Waals surface area contributed by atoms with E-state index < -0.39 is 17.1 Å². The minimum absolute atomic E-state index is 0.0454. The molecule has 0 aromatic carbocycles. The lowest BCUT2D eigenvalue weighted by Gasteiger charge is -2.17. The second kappa shape index (κ2) is 10.2. The topological polar surface area (TPSA) is 187 Å². The Morgan fingerprint density at radius 1 is 1.31 bits per heavy atom. The van der Waals surface area contributed by atoms with Crippen molar-refractivity contribution in [2.24, 2.45) is 11.5 Å². The summed E-state index contributed by atoms with van der Waals surface area (Å²) in [5.74, 6) is 0.627. The van der Waals surface area contributed by atoms with Crippen molar-refractivity contribution in [2.75, 3.05) is 31.3 Å². The molecule has 0 aliphatic heterocycles. The number of nitrogens with two attached hydrogens (primary N) is 2. The first-order valence-electron chi connectivity index (χ1n) is 10.6. The van der Waals surface area contributed by atoms with E-state index in [9.17, 15) is 14.7 Å². The first-order valence-corrected chi connectivity index (χ1v) is 10.6. The molecule has 0 aliphatic rings. The van der Waals surface area contributed by atoms with Crippen molar-refractivity contribution in [3.05, 3.63) is 64.5 Å². The molecular weight excluding hydrogens is 454 g/mol. The summed E-state index contributed by atoms with van der Waals surface area (Å²) >= 11 is 0. The number of carbonyl (C=O) groups is 1. The van der Waals surface area contributed by atoms with Crippen LogP contribution in [0, 0.1) is 0 Å². The Morgan fingerprint density at radius 2 is 2.06 bits per heavy atom. The third-order valence-corrected chi connectivity index (χ3v) is 4.80. The molecule has 0 fully saturated rings. The van der Waals surface area contributed by atoms with Gasteiger partial charge in [-0.3, -0.25) is 14.2 Å². The molecule has 186 valence electrons. The largest absolute Gasteiger partial charge is 0.483 e. The molecule has 0 bridgehead atoms. The Hall–Kier alpha value is -4.52. The predicted molar refractivity (Wildman–Crippen MR) is 133 cm³/mol. The highest BCUT2D eigenvalue weighted by atomic mass is 16.5. The van der Waals surface area contributed by atoms with Crippen LogP contribution in [0.1, 0.15) is 24.2 Å². The molecule has 3 aromatic heterocycles. The van der Waals surface area contributed by atoms with Crippen LogP contribution in [-0.4, -0.2) is 56.5 Å². The van der Waals surface area contributed by atoms with Crippen LogP contribution in [0.4, 0.5) is 17.3 Å². The number of aliphatic hydroxyl groups is 1. The highest BCUT2D eigenvalue weighted by Gasteiger charge is 2.20. The fourth-order valence-corrected chi connectivity index (χ4v) is 3.00. The van der Waals surface area contributed by atoms with E-state index >= 15 is 0 Å². The maximum absolute atomic E-state index is 13.0. The van der Waals surface area contributed by atoms with Crippen LogP contribution in [0.5, 0.6) is 0 Å². The van der Waals surface area contributed by atoms with E-state index in [-0.39, 0.29) is 35.1 Å². The Bertz CT molecular complexity index is 1350. The van der Waals surface area contributed by atoms with Gasteiger partial charge in [-0.15, -0.1) is 0 Å². The number of ether oxygens (including phenoxy) is 1. The molecule has 0 spiro atoms. The fourth-order valence-electron chi connectivity index (χ4n) is 3.00. The third-order valence-electron chi connectivity index (χ3n) is 4.80. The first kappa shape index (κ1) is 25.1.